The lowest BCUT2D eigenvalue weighted by Gasteiger charge is -2.12. The monoisotopic (exact) mass is 706 g/mol. The highest BCUT2D eigenvalue weighted by atomic mass is 32.1. The molecule has 11 aromatic rings. The SMILES string of the molecule is c1ccc(-c2cc(-c3cccc(-n4c5ccccc5c5ccccc54)c3)nc(-c3ccc4sc5c6ccccc6nc(-c6ccccc6)c5c4c3)n2)cc1. The molecule has 0 radical (unpaired) electrons. The molecule has 0 atom stereocenters. The summed E-state index contributed by atoms with van der Waals surface area (Å²) in [7, 11) is 0. The van der Waals surface area contributed by atoms with Crippen molar-refractivity contribution < 1.29 is 0 Å². The average Bonchev–Trinajstić information content (AvgIpc) is 3.80. The van der Waals surface area contributed by atoms with Gasteiger partial charge in [-0.25, -0.2) is 15.0 Å². The van der Waals surface area contributed by atoms with Gasteiger partial charge in [0.25, 0.3) is 0 Å². The average molecular weight is 707 g/mol. The third kappa shape index (κ3) is 4.94. The molecule has 11 rings (SSSR count). The fourth-order valence-electron chi connectivity index (χ4n) is 7.89. The Morgan fingerprint density at radius 1 is 0.407 bits per heavy atom. The fraction of sp³-hybridized carbons (Fsp3) is 0. The largest absolute Gasteiger partial charge is 0.309 e. The molecule has 0 saturated heterocycles. The van der Waals surface area contributed by atoms with Crippen molar-refractivity contribution in [2.75, 3.05) is 0 Å². The van der Waals surface area contributed by atoms with Crippen LogP contribution in [-0.2, 0) is 0 Å². The highest BCUT2D eigenvalue weighted by Crippen LogP contribution is 2.44. The molecule has 0 unspecified atom stereocenters. The van der Waals surface area contributed by atoms with Gasteiger partial charge in [-0.15, -0.1) is 11.3 Å². The third-order valence-electron chi connectivity index (χ3n) is 10.4. The maximum atomic E-state index is 5.32. The minimum absolute atomic E-state index is 0.685. The third-order valence-corrected chi connectivity index (χ3v) is 11.6. The first-order valence-corrected chi connectivity index (χ1v) is 18.9. The quantitative estimate of drug-likeness (QED) is 0.179. The van der Waals surface area contributed by atoms with Crippen molar-refractivity contribution in [3.63, 3.8) is 0 Å². The number of aromatic nitrogens is 4. The molecule has 4 nitrogen and oxygen atoms in total. The van der Waals surface area contributed by atoms with E-state index < -0.39 is 0 Å². The lowest BCUT2D eigenvalue weighted by atomic mass is 10.0. The van der Waals surface area contributed by atoms with Crippen LogP contribution in [-0.4, -0.2) is 19.5 Å². The van der Waals surface area contributed by atoms with Crippen molar-refractivity contribution in [1.29, 1.82) is 0 Å². The first-order valence-electron chi connectivity index (χ1n) is 18.1. The van der Waals surface area contributed by atoms with Crippen molar-refractivity contribution in [3.8, 4) is 50.8 Å². The molecule has 252 valence electrons. The Balaban J connectivity index is 1.12. The summed E-state index contributed by atoms with van der Waals surface area (Å²) in [6, 6.07) is 64.1. The van der Waals surface area contributed by atoms with Crippen LogP contribution >= 0.6 is 11.3 Å². The molecule has 0 spiro atoms. The molecule has 4 heterocycles. The smallest absolute Gasteiger partial charge is 0.160 e. The first-order chi connectivity index (χ1) is 26.8. The Morgan fingerprint density at radius 3 is 1.76 bits per heavy atom. The van der Waals surface area contributed by atoms with E-state index in [2.05, 4.69) is 180 Å². The van der Waals surface area contributed by atoms with Crippen molar-refractivity contribution >= 4 is 64.2 Å². The Bertz CT molecular complexity index is 3160. The minimum Gasteiger partial charge on any atom is -0.309 e. The van der Waals surface area contributed by atoms with Crippen LogP contribution in [0.4, 0.5) is 0 Å². The first kappa shape index (κ1) is 30.7. The molecule has 54 heavy (non-hydrogen) atoms. The Labute approximate surface area is 315 Å². The van der Waals surface area contributed by atoms with Crippen LogP contribution in [0.2, 0.25) is 0 Å². The summed E-state index contributed by atoms with van der Waals surface area (Å²) >= 11 is 1.82. The fourth-order valence-corrected chi connectivity index (χ4v) is 9.11. The van der Waals surface area contributed by atoms with E-state index in [1.165, 1.54) is 42.0 Å². The summed E-state index contributed by atoms with van der Waals surface area (Å²) in [6.45, 7) is 0. The Kier molecular flexibility index (Phi) is 7.00. The highest BCUT2D eigenvalue weighted by molar-refractivity contribution is 7.26. The van der Waals surface area contributed by atoms with E-state index in [1.54, 1.807) is 0 Å². The van der Waals surface area contributed by atoms with Crippen molar-refractivity contribution in [2.24, 2.45) is 0 Å². The number of para-hydroxylation sites is 3. The molecule has 0 aliphatic rings. The highest BCUT2D eigenvalue weighted by Gasteiger charge is 2.19. The van der Waals surface area contributed by atoms with E-state index in [9.17, 15) is 0 Å². The van der Waals surface area contributed by atoms with E-state index in [0.29, 0.717) is 5.82 Å². The van der Waals surface area contributed by atoms with Gasteiger partial charge >= 0.3 is 0 Å². The zero-order chi connectivity index (χ0) is 35.6. The van der Waals surface area contributed by atoms with Crippen molar-refractivity contribution in [1.82, 2.24) is 19.5 Å². The van der Waals surface area contributed by atoms with E-state index in [0.717, 1.165) is 55.9 Å². The van der Waals surface area contributed by atoms with Crippen molar-refractivity contribution in [2.45, 2.75) is 0 Å². The summed E-state index contributed by atoms with van der Waals surface area (Å²) in [5.74, 6) is 0.685. The van der Waals surface area contributed by atoms with Gasteiger partial charge in [-0.1, -0.05) is 127 Å². The van der Waals surface area contributed by atoms with Gasteiger partial charge in [-0.3, -0.25) is 0 Å². The maximum absolute atomic E-state index is 5.32. The lowest BCUT2D eigenvalue weighted by molar-refractivity contribution is 1.16. The zero-order valence-corrected chi connectivity index (χ0v) is 29.8. The molecular weight excluding hydrogens is 677 g/mol. The van der Waals surface area contributed by atoms with E-state index in [4.69, 9.17) is 15.0 Å². The number of pyridine rings is 1. The Morgan fingerprint density at radius 2 is 1.02 bits per heavy atom. The van der Waals surface area contributed by atoms with Gasteiger partial charge in [0.15, 0.2) is 5.82 Å². The van der Waals surface area contributed by atoms with Crippen LogP contribution in [0.25, 0.3) is 104 Å². The van der Waals surface area contributed by atoms with Gasteiger partial charge in [0, 0.05) is 64.3 Å². The van der Waals surface area contributed by atoms with Gasteiger partial charge in [0.2, 0.25) is 0 Å². The molecule has 5 heteroatoms. The predicted octanol–water partition coefficient (Wildman–Crippen LogP) is 13.2. The molecule has 0 bridgehead atoms. The van der Waals surface area contributed by atoms with Gasteiger partial charge in [-0.2, -0.15) is 0 Å². The summed E-state index contributed by atoms with van der Waals surface area (Å²) in [5, 5.41) is 5.98. The molecule has 0 N–H and O–H groups in total. The number of rotatable bonds is 5. The van der Waals surface area contributed by atoms with E-state index >= 15 is 0 Å². The van der Waals surface area contributed by atoms with Gasteiger partial charge < -0.3 is 4.57 Å². The molecular formula is C49H30N4S. The second kappa shape index (κ2) is 12.3. The summed E-state index contributed by atoms with van der Waals surface area (Å²) in [6.07, 6.45) is 0. The summed E-state index contributed by atoms with van der Waals surface area (Å²) in [5.41, 5.74) is 11.3. The van der Waals surface area contributed by atoms with Crippen molar-refractivity contribution in [3.05, 3.63) is 182 Å². The number of hydrogen-bond donors (Lipinski definition) is 0. The van der Waals surface area contributed by atoms with Gasteiger partial charge in [0.1, 0.15) is 0 Å². The van der Waals surface area contributed by atoms with Gasteiger partial charge in [0.05, 0.1) is 33.6 Å². The predicted molar refractivity (Wildman–Crippen MR) is 226 cm³/mol. The number of thiophene rings is 1. The van der Waals surface area contributed by atoms with Crippen LogP contribution in [0, 0.1) is 0 Å². The number of hydrogen-bond acceptors (Lipinski definition) is 4. The van der Waals surface area contributed by atoms with Crippen LogP contribution in [0.15, 0.2) is 182 Å². The second-order valence-corrected chi connectivity index (χ2v) is 14.7. The molecule has 0 aliphatic carbocycles. The molecule has 0 aliphatic heterocycles. The van der Waals surface area contributed by atoms with Crippen LogP contribution in [0.3, 0.4) is 0 Å². The van der Waals surface area contributed by atoms with E-state index in [-0.39, 0.29) is 0 Å². The molecule has 0 saturated carbocycles. The molecule has 0 fully saturated rings. The van der Waals surface area contributed by atoms with Crippen LogP contribution < -0.4 is 0 Å². The topological polar surface area (TPSA) is 43.6 Å². The summed E-state index contributed by atoms with van der Waals surface area (Å²) in [4.78, 5) is 15.8. The van der Waals surface area contributed by atoms with Gasteiger partial charge in [-0.05, 0) is 54.6 Å². The van der Waals surface area contributed by atoms with Crippen LogP contribution in [0.5, 0.6) is 0 Å². The number of nitrogens with zero attached hydrogens (tertiary/aromatic N) is 4. The minimum atomic E-state index is 0.685. The lowest BCUT2D eigenvalue weighted by Crippen LogP contribution is -1.98. The zero-order valence-electron chi connectivity index (χ0n) is 29.0. The molecule has 4 aromatic heterocycles. The molecule has 0 amide bonds. The number of benzene rings is 7. The number of fused-ring (bicyclic) bond motifs is 8. The Hall–Kier alpha value is -6.95. The van der Waals surface area contributed by atoms with Crippen LogP contribution in [0.1, 0.15) is 0 Å². The maximum Gasteiger partial charge on any atom is 0.160 e. The summed E-state index contributed by atoms with van der Waals surface area (Å²) < 4.78 is 4.81. The second-order valence-electron chi connectivity index (χ2n) is 13.6. The standard InChI is InChI=1S/C49H30N4S/c1-3-14-31(15-4-1)41-30-42(33-18-13-19-35(28-33)53-43-24-11-8-20-36(43)37-21-9-12-25-44(37)53)52-49(51-41)34-26-27-45-39(29-34)46-47(32-16-5-2-6-17-32)50-40-23-10-7-22-38(40)48(46)54-45/h1-30H. The normalized spacial score (nSPS) is 11.7. The van der Waals surface area contributed by atoms with E-state index in [1.807, 2.05) is 17.4 Å². The molecule has 7 aromatic carbocycles.